The lowest BCUT2D eigenvalue weighted by molar-refractivity contribution is -0.127. The first-order valence-electron chi connectivity index (χ1n) is 7.55. The number of hydrogen-bond acceptors (Lipinski definition) is 2. The molecule has 0 atom stereocenters. The number of anilines is 1. The topological polar surface area (TPSA) is 29.9 Å². The van der Waals surface area contributed by atoms with Crippen molar-refractivity contribution in [2.45, 2.75) is 19.5 Å². The molecule has 0 radical (unpaired) electrons. The van der Waals surface area contributed by atoms with Gasteiger partial charge < -0.3 is 0 Å². The molecule has 3 rings (SSSR count). The van der Waals surface area contributed by atoms with Crippen LogP contribution in [-0.2, 0) is 6.42 Å². The summed E-state index contributed by atoms with van der Waals surface area (Å²) in [6, 6.07) is 13.8. The molecule has 7 heteroatoms. The molecule has 0 aliphatic carbocycles. The van der Waals surface area contributed by atoms with Crippen LogP contribution in [0.2, 0.25) is 0 Å². The number of benzene rings is 2. The molecule has 130 valence electrons. The van der Waals surface area contributed by atoms with Gasteiger partial charge in [-0.3, -0.25) is 5.43 Å². The van der Waals surface area contributed by atoms with E-state index >= 15 is 0 Å². The van der Waals surface area contributed by atoms with Crippen LogP contribution in [0.25, 0.3) is 11.3 Å². The van der Waals surface area contributed by atoms with Gasteiger partial charge in [0.15, 0.2) is 0 Å². The highest BCUT2D eigenvalue weighted by molar-refractivity contribution is 5.62. The minimum atomic E-state index is -4.27. The van der Waals surface area contributed by atoms with Gasteiger partial charge in [-0.05, 0) is 42.8 Å². The zero-order valence-electron chi connectivity index (χ0n) is 13.3. The summed E-state index contributed by atoms with van der Waals surface area (Å²) in [5, 5.41) is 4.28. The molecule has 0 aliphatic heterocycles. The minimum Gasteiger partial charge on any atom is -0.278 e. The van der Waals surface area contributed by atoms with Crippen molar-refractivity contribution in [3.8, 4) is 11.3 Å². The molecule has 1 heterocycles. The number of alkyl halides is 3. The fourth-order valence-electron chi connectivity index (χ4n) is 2.54. The summed E-state index contributed by atoms with van der Waals surface area (Å²) < 4.78 is 51.2. The van der Waals surface area contributed by atoms with Gasteiger partial charge in [0.05, 0.1) is 23.5 Å². The molecular formula is C18H15F4N3. The van der Waals surface area contributed by atoms with Crippen LogP contribution in [0.1, 0.15) is 11.3 Å². The Morgan fingerprint density at radius 1 is 1.04 bits per heavy atom. The van der Waals surface area contributed by atoms with Crippen LogP contribution in [0, 0.1) is 12.7 Å². The van der Waals surface area contributed by atoms with E-state index in [1.807, 2.05) is 0 Å². The summed E-state index contributed by atoms with van der Waals surface area (Å²) in [7, 11) is 0. The van der Waals surface area contributed by atoms with Gasteiger partial charge in [0.1, 0.15) is 5.82 Å². The minimum absolute atomic E-state index is 0.168. The number of halogens is 4. The van der Waals surface area contributed by atoms with E-state index in [1.165, 1.54) is 29.1 Å². The average Bonchev–Trinajstić information content (AvgIpc) is 2.86. The second-order valence-corrected chi connectivity index (χ2v) is 5.70. The van der Waals surface area contributed by atoms with Crippen LogP contribution in [0.3, 0.4) is 0 Å². The third-order valence-electron chi connectivity index (χ3n) is 3.52. The predicted octanol–water partition coefficient (Wildman–Crippen LogP) is 4.98. The van der Waals surface area contributed by atoms with Gasteiger partial charge in [-0.2, -0.15) is 23.1 Å². The van der Waals surface area contributed by atoms with Crippen LogP contribution < -0.4 is 5.43 Å². The van der Waals surface area contributed by atoms with Gasteiger partial charge >= 0.3 is 6.18 Å². The highest BCUT2D eigenvalue weighted by Gasteiger charge is 2.27. The van der Waals surface area contributed by atoms with Crippen LogP contribution in [-0.4, -0.2) is 16.1 Å². The largest absolute Gasteiger partial charge is 0.393 e. The molecule has 0 fully saturated rings. The molecule has 3 aromatic rings. The smallest absolute Gasteiger partial charge is 0.278 e. The van der Waals surface area contributed by atoms with E-state index in [0.29, 0.717) is 22.6 Å². The maximum atomic E-state index is 13.3. The SMILES string of the molecule is Cc1cc(-c2cccc(CC(F)(F)F)c2)n(Nc2cccc(F)c2)n1. The van der Waals surface area contributed by atoms with E-state index in [9.17, 15) is 17.6 Å². The Labute approximate surface area is 141 Å². The third-order valence-corrected chi connectivity index (χ3v) is 3.52. The van der Waals surface area contributed by atoms with E-state index in [0.717, 1.165) is 0 Å². The first kappa shape index (κ1) is 17.0. The van der Waals surface area contributed by atoms with Crippen LogP contribution in [0.15, 0.2) is 54.6 Å². The highest BCUT2D eigenvalue weighted by Crippen LogP contribution is 2.26. The molecule has 2 aromatic carbocycles. The van der Waals surface area contributed by atoms with Gasteiger partial charge in [0.2, 0.25) is 0 Å². The third kappa shape index (κ3) is 4.37. The summed E-state index contributed by atoms with van der Waals surface area (Å²) in [5.41, 5.74) is 5.45. The van der Waals surface area contributed by atoms with Crippen LogP contribution in [0.5, 0.6) is 0 Å². The molecular weight excluding hydrogens is 334 g/mol. The Bertz CT molecular complexity index is 884. The first-order valence-corrected chi connectivity index (χ1v) is 7.55. The molecule has 25 heavy (non-hydrogen) atoms. The summed E-state index contributed by atoms with van der Waals surface area (Å²) in [5.74, 6) is -0.400. The van der Waals surface area contributed by atoms with E-state index < -0.39 is 18.4 Å². The summed E-state index contributed by atoms with van der Waals surface area (Å²) in [6.45, 7) is 1.77. The monoisotopic (exact) mass is 349 g/mol. The molecule has 0 amide bonds. The van der Waals surface area contributed by atoms with Gasteiger partial charge in [-0.1, -0.05) is 24.3 Å². The number of nitrogens with zero attached hydrogens (tertiary/aromatic N) is 2. The summed E-state index contributed by atoms with van der Waals surface area (Å²) in [4.78, 5) is 1.43. The highest BCUT2D eigenvalue weighted by atomic mass is 19.4. The van der Waals surface area contributed by atoms with Crippen LogP contribution in [0.4, 0.5) is 23.2 Å². The fraction of sp³-hybridized carbons (Fsp3) is 0.167. The molecule has 3 nitrogen and oxygen atoms in total. The number of hydrogen-bond donors (Lipinski definition) is 1. The van der Waals surface area contributed by atoms with Crippen molar-refractivity contribution in [1.29, 1.82) is 0 Å². The van der Waals surface area contributed by atoms with Crippen LogP contribution >= 0.6 is 0 Å². The Kier molecular flexibility index (Phi) is 4.48. The number of aryl methyl sites for hydroxylation is 1. The van der Waals surface area contributed by atoms with Gasteiger partial charge in [-0.15, -0.1) is 0 Å². The standard InChI is InChI=1S/C18H15F4N3/c1-12-8-17(14-5-2-4-13(9-14)11-18(20,21)22)25(23-12)24-16-7-3-6-15(19)10-16/h2-10,24H,11H2,1H3. The van der Waals surface area contributed by atoms with E-state index in [2.05, 4.69) is 10.5 Å². The van der Waals surface area contributed by atoms with Gasteiger partial charge in [0, 0.05) is 5.56 Å². The number of aromatic nitrogens is 2. The molecule has 0 bridgehead atoms. The summed E-state index contributed by atoms with van der Waals surface area (Å²) >= 11 is 0. The molecule has 0 saturated heterocycles. The van der Waals surface area contributed by atoms with Crippen molar-refractivity contribution in [1.82, 2.24) is 9.89 Å². The molecule has 1 aromatic heterocycles. The molecule has 0 aliphatic rings. The van der Waals surface area contributed by atoms with E-state index in [1.54, 1.807) is 37.3 Å². The van der Waals surface area contributed by atoms with Crippen molar-refractivity contribution < 1.29 is 17.6 Å². The lowest BCUT2D eigenvalue weighted by Gasteiger charge is -2.12. The van der Waals surface area contributed by atoms with Crippen molar-refractivity contribution in [3.63, 3.8) is 0 Å². The first-order chi connectivity index (χ1) is 11.8. The predicted molar refractivity (Wildman–Crippen MR) is 87.6 cm³/mol. The second kappa shape index (κ2) is 6.58. The van der Waals surface area contributed by atoms with Crippen molar-refractivity contribution in [3.05, 3.63) is 71.7 Å². The second-order valence-electron chi connectivity index (χ2n) is 5.70. The Hall–Kier alpha value is -2.83. The quantitative estimate of drug-likeness (QED) is 0.674. The molecule has 0 unspecified atom stereocenters. The van der Waals surface area contributed by atoms with Crippen molar-refractivity contribution >= 4 is 5.69 Å². The molecule has 1 N–H and O–H groups in total. The molecule has 0 saturated carbocycles. The summed E-state index contributed by atoms with van der Waals surface area (Å²) in [6.07, 6.45) is -5.26. The Morgan fingerprint density at radius 3 is 2.52 bits per heavy atom. The maximum absolute atomic E-state index is 13.3. The lowest BCUT2D eigenvalue weighted by Crippen LogP contribution is -2.13. The number of nitrogens with one attached hydrogen (secondary N) is 1. The lowest BCUT2D eigenvalue weighted by atomic mass is 10.1. The average molecular weight is 349 g/mol. The Morgan fingerprint density at radius 2 is 1.80 bits per heavy atom. The van der Waals surface area contributed by atoms with Crippen molar-refractivity contribution in [2.75, 3.05) is 5.43 Å². The van der Waals surface area contributed by atoms with Gasteiger partial charge in [-0.25, -0.2) is 4.39 Å². The van der Waals surface area contributed by atoms with Crippen molar-refractivity contribution in [2.24, 2.45) is 0 Å². The van der Waals surface area contributed by atoms with E-state index in [-0.39, 0.29) is 5.56 Å². The Balaban J connectivity index is 1.94. The van der Waals surface area contributed by atoms with E-state index in [4.69, 9.17) is 0 Å². The van der Waals surface area contributed by atoms with Gasteiger partial charge in [0.25, 0.3) is 0 Å². The number of rotatable bonds is 4. The normalized spacial score (nSPS) is 11.6. The molecule has 0 spiro atoms. The zero-order chi connectivity index (χ0) is 18.0. The fourth-order valence-corrected chi connectivity index (χ4v) is 2.54. The maximum Gasteiger partial charge on any atom is 0.393 e. The zero-order valence-corrected chi connectivity index (χ0v) is 13.3.